The summed E-state index contributed by atoms with van der Waals surface area (Å²) in [6.45, 7) is 10.4. The Morgan fingerprint density at radius 3 is 2.04 bits per heavy atom. The first kappa shape index (κ1) is 54.0. The molecule has 8 rings (SSSR count). The zero-order valence-corrected chi connectivity index (χ0v) is 41.6. The molecule has 2 amide bonds. The fraction of sp³-hybridized carbons (Fsp3) is 0.898. The van der Waals surface area contributed by atoms with Gasteiger partial charge in [0, 0.05) is 24.7 Å². The van der Waals surface area contributed by atoms with Crippen molar-refractivity contribution in [3.63, 3.8) is 0 Å². The van der Waals surface area contributed by atoms with Gasteiger partial charge in [-0.25, -0.2) is 9.59 Å². The lowest BCUT2D eigenvalue weighted by Gasteiger charge is -2.60. The van der Waals surface area contributed by atoms with Crippen LogP contribution in [0.4, 0.5) is 9.59 Å². The number of alkyl carbamates (subject to hydrolysis) is 2. The Morgan fingerprint density at radius 2 is 1.39 bits per heavy atom. The number of hydrogen-bond acceptors (Lipinski definition) is 20. The van der Waals surface area contributed by atoms with Crippen molar-refractivity contribution in [2.45, 2.75) is 179 Å². The topological polar surface area (TPSA) is 303 Å². The Morgan fingerprint density at radius 1 is 0.746 bits per heavy atom. The van der Waals surface area contributed by atoms with E-state index in [-0.39, 0.29) is 59.7 Å². The summed E-state index contributed by atoms with van der Waals surface area (Å²) in [6.07, 6.45) is -12.7. The molecule has 71 heavy (non-hydrogen) atoms. The van der Waals surface area contributed by atoms with Crippen LogP contribution in [0.15, 0.2) is 0 Å². The van der Waals surface area contributed by atoms with Gasteiger partial charge in [0.15, 0.2) is 24.5 Å². The highest BCUT2D eigenvalue weighted by atomic mass is 16.8. The second-order valence-electron chi connectivity index (χ2n) is 21.8. The van der Waals surface area contributed by atoms with Gasteiger partial charge in [0.05, 0.1) is 38.6 Å². The first-order valence-electron chi connectivity index (χ1n) is 25.7. The normalized spacial score (nSPS) is 45.9. The number of aliphatic hydroxyl groups is 5. The number of ether oxygens (including phenoxy) is 10. The third-order valence-corrected chi connectivity index (χ3v) is 17.6. The SMILES string of the molecule is CCOC(=O)CNC(=O)OC[C@@H]1O[C@@H](O[C@H]2[C@H](O)[C@H](O)[C@H](O[C@H]3CC[C@]4(C)C5C(=O)C[C@@]6(C)C(CC7O[C@]8(CC[C@@H](C)CO8)[C@@H](C)C76)C5CC[C@H]4C3)O[C@H]2CO)[C@@H](O)[C@@H](O)[C@@H]1OC(=O)NCC(=O)OCC. The summed E-state index contributed by atoms with van der Waals surface area (Å²) in [6, 6.07) is 0. The molecule has 0 aromatic carbocycles. The highest BCUT2D eigenvalue weighted by Crippen LogP contribution is 2.70. The van der Waals surface area contributed by atoms with E-state index in [9.17, 15) is 49.5 Å². The average Bonchev–Trinajstić information content (AvgIpc) is 3.78. The number of carbonyl (C=O) groups excluding carboxylic acids is 5. The summed E-state index contributed by atoms with van der Waals surface area (Å²) >= 11 is 0. The molecule has 0 aromatic rings. The first-order chi connectivity index (χ1) is 33.8. The standard InChI is InChI=1S/C49H76N2O20/c1-7-62-33(54)18-50-45(60)64-22-32-42(70-46(61)51-19-34(55)63-8-2)38(57)40(59)44(68-32)69-41-31(20-52)67-43(39(58)37(41)56)66-26-12-13-47(5)25(15-26)9-10-27-28-16-30-35(48(28,6)17-29(53)36(27)47)24(4)49(71-30)14-11-23(3)21-65-49/h23-28,30-32,35-44,52,56-59H,7-22H2,1-6H3,(H,50,60)(H,51,61)/t23-,24+,25+,26+,27?,28?,30?,31+,32+,35?,36?,37-,38-,39+,40+,41-,42-,43-,44+,47+,48+,49-/m1/s1. The van der Waals surface area contributed by atoms with Gasteiger partial charge in [-0.3, -0.25) is 14.4 Å². The number of Topliss-reactive ketones (excluding diaryl/α,β-unsaturated/α-hetero) is 1. The summed E-state index contributed by atoms with van der Waals surface area (Å²) in [4.78, 5) is 63.4. The van der Waals surface area contributed by atoms with Gasteiger partial charge in [-0.2, -0.15) is 0 Å². The minimum atomic E-state index is -2.02. The fourth-order valence-corrected chi connectivity index (χ4v) is 14.2. The van der Waals surface area contributed by atoms with E-state index in [0.29, 0.717) is 49.9 Å². The van der Waals surface area contributed by atoms with Crippen LogP contribution in [-0.4, -0.2) is 181 Å². The van der Waals surface area contributed by atoms with Crippen molar-refractivity contribution in [3.8, 4) is 0 Å². The summed E-state index contributed by atoms with van der Waals surface area (Å²) in [5.41, 5.74) is -0.419. The molecule has 0 bridgehead atoms. The predicted octanol–water partition coefficient (Wildman–Crippen LogP) is 1.22. The molecule has 7 N–H and O–H groups in total. The van der Waals surface area contributed by atoms with Crippen molar-refractivity contribution in [1.29, 1.82) is 0 Å². The fourth-order valence-electron chi connectivity index (χ4n) is 14.2. The molecule has 402 valence electrons. The number of fused-ring (bicyclic) bond motifs is 7. The molecule has 4 saturated carbocycles. The number of rotatable bonds is 14. The highest BCUT2D eigenvalue weighted by molar-refractivity contribution is 5.84. The Hall–Kier alpha value is -3.29. The number of hydrogen-bond donors (Lipinski definition) is 7. The highest BCUT2D eigenvalue weighted by Gasteiger charge is 2.71. The average molecular weight is 1010 g/mol. The van der Waals surface area contributed by atoms with Crippen LogP contribution in [0.5, 0.6) is 0 Å². The third kappa shape index (κ3) is 10.6. The summed E-state index contributed by atoms with van der Waals surface area (Å²) < 4.78 is 57.6. The van der Waals surface area contributed by atoms with Crippen molar-refractivity contribution in [1.82, 2.24) is 10.6 Å². The predicted molar refractivity (Wildman–Crippen MR) is 241 cm³/mol. The van der Waals surface area contributed by atoms with Gasteiger partial charge in [0.1, 0.15) is 68.2 Å². The molecule has 4 aliphatic heterocycles. The molecule has 22 atom stereocenters. The molecule has 0 aromatic heterocycles. The van der Waals surface area contributed by atoms with Gasteiger partial charge in [-0.1, -0.05) is 27.7 Å². The van der Waals surface area contributed by atoms with Crippen molar-refractivity contribution in [3.05, 3.63) is 0 Å². The molecular formula is C49H76N2O20. The van der Waals surface area contributed by atoms with Crippen LogP contribution < -0.4 is 10.6 Å². The molecule has 22 heteroatoms. The smallest absolute Gasteiger partial charge is 0.408 e. The van der Waals surface area contributed by atoms with Crippen molar-refractivity contribution >= 4 is 29.9 Å². The molecular weight excluding hydrogens is 937 g/mol. The van der Waals surface area contributed by atoms with Crippen LogP contribution in [0.2, 0.25) is 0 Å². The maximum absolute atomic E-state index is 14.6. The van der Waals surface area contributed by atoms with E-state index in [1.807, 2.05) is 0 Å². The summed E-state index contributed by atoms with van der Waals surface area (Å²) in [5.74, 6) is -0.102. The largest absolute Gasteiger partial charge is 0.465 e. The monoisotopic (exact) mass is 1010 g/mol. The molecule has 8 aliphatic rings. The van der Waals surface area contributed by atoms with Crippen LogP contribution in [0, 0.1) is 52.3 Å². The molecule has 4 saturated heterocycles. The van der Waals surface area contributed by atoms with Crippen LogP contribution in [-0.2, 0) is 61.8 Å². The Kier molecular flexibility index (Phi) is 16.6. The van der Waals surface area contributed by atoms with Crippen molar-refractivity contribution in [2.75, 3.05) is 46.1 Å². The van der Waals surface area contributed by atoms with E-state index >= 15 is 0 Å². The summed E-state index contributed by atoms with van der Waals surface area (Å²) in [7, 11) is 0. The molecule has 4 aliphatic carbocycles. The van der Waals surface area contributed by atoms with E-state index in [0.717, 1.165) is 32.1 Å². The van der Waals surface area contributed by atoms with Crippen LogP contribution in [0.1, 0.15) is 99.3 Å². The number of nitrogens with one attached hydrogen (secondary N) is 2. The van der Waals surface area contributed by atoms with Crippen LogP contribution >= 0.6 is 0 Å². The van der Waals surface area contributed by atoms with Gasteiger partial charge in [0.25, 0.3) is 0 Å². The molecule has 1 spiro atoms. The molecule has 8 fully saturated rings. The number of esters is 2. The van der Waals surface area contributed by atoms with Crippen LogP contribution in [0.25, 0.3) is 0 Å². The zero-order chi connectivity index (χ0) is 51.2. The number of carbonyl (C=O) groups is 5. The molecule has 22 nitrogen and oxygen atoms in total. The van der Waals surface area contributed by atoms with Crippen molar-refractivity contribution < 1.29 is 96.9 Å². The Labute approximate surface area is 413 Å². The van der Waals surface area contributed by atoms with E-state index in [1.54, 1.807) is 13.8 Å². The Bertz CT molecular complexity index is 1920. The number of amides is 2. The second-order valence-corrected chi connectivity index (χ2v) is 21.8. The van der Waals surface area contributed by atoms with Gasteiger partial charge in [0.2, 0.25) is 0 Å². The van der Waals surface area contributed by atoms with Crippen LogP contribution in [0.3, 0.4) is 0 Å². The third-order valence-electron chi connectivity index (χ3n) is 17.6. The molecule has 5 unspecified atom stereocenters. The van der Waals surface area contributed by atoms with E-state index in [1.165, 1.54) is 0 Å². The minimum Gasteiger partial charge on any atom is -0.465 e. The second kappa shape index (κ2) is 21.9. The lowest BCUT2D eigenvalue weighted by Crippen LogP contribution is -2.65. The van der Waals surface area contributed by atoms with Gasteiger partial charge >= 0.3 is 24.1 Å². The molecule has 0 radical (unpaired) electrons. The van der Waals surface area contributed by atoms with Gasteiger partial charge in [-0.05, 0) is 99.2 Å². The van der Waals surface area contributed by atoms with Gasteiger partial charge < -0.3 is 83.5 Å². The lowest BCUT2D eigenvalue weighted by molar-refractivity contribution is -0.363. The lowest BCUT2D eigenvalue weighted by atomic mass is 9.44. The van der Waals surface area contributed by atoms with Crippen molar-refractivity contribution in [2.24, 2.45) is 52.3 Å². The maximum atomic E-state index is 14.6. The van der Waals surface area contributed by atoms with E-state index in [4.69, 9.17) is 47.4 Å². The summed E-state index contributed by atoms with van der Waals surface area (Å²) in [5, 5.41) is 60.3. The molecule has 4 heterocycles. The Balaban J connectivity index is 0.883. The van der Waals surface area contributed by atoms with E-state index in [2.05, 4.69) is 38.3 Å². The number of aliphatic hydroxyl groups excluding tert-OH is 5. The quantitative estimate of drug-likeness (QED) is 0.0731. The van der Waals surface area contributed by atoms with Gasteiger partial charge in [-0.15, -0.1) is 0 Å². The zero-order valence-electron chi connectivity index (χ0n) is 41.6. The maximum Gasteiger partial charge on any atom is 0.408 e. The van der Waals surface area contributed by atoms with E-state index < -0.39 is 124 Å². The first-order valence-corrected chi connectivity index (χ1v) is 25.7. The minimum absolute atomic E-state index is 0.0403. The number of ketones is 1.